The van der Waals surface area contributed by atoms with Crippen LogP contribution in [-0.4, -0.2) is 10.9 Å². The van der Waals surface area contributed by atoms with Gasteiger partial charge in [0.05, 0.1) is 6.04 Å². The standard InChI is InChI=1S/C20H23FN2O2/c1-2-17(13-8-10-15(21)11-9-13)22-19(24)16-12-14-6-4-3-5-7-18(14)23-20(16)25/h8-12,17H,2-7H2,1H3,(H,22,24)(H,23,25)/t17-/m1/s1. The van der Waals surface area contributed by atoms with E-state index in [1.54, 1.807) is 18.2 Å². The molecule has 1 aromatic heterocycles. The molecule has 0 radical (unpaired) electrons. The monoisotopic (exact) mass is 342 g/mol. The maximum absolute atomic E-state index is 13.1. The molecule has 2 N–H and O–H groups in total. The zero-order valence-electron chi connectivity index (χ0n) is 14.4. The molecule has 0 bridgehead atoms. The van der Waals surface area contributed by atoms with Crippen molar-refractivity contribution in [2.24, 2.45) is 0 Å². The van der Waals surface area contributed by atoms with Gasteiger partial charge in [0.15, 0.2) is 0 Å². The maximum Gasteiger partial charge on any atom is 0.261 e. The Bertz CT molecular complexity index is 811. The molecular formula is C20H23FN2O2. The van der Waals surface area contributed by atoms with Crippen molar-refractivity contribution >= 4 is 5.91 Å². The molecule has 1 amide bonds. The van der Waals surface area contributed by atoms with Crippen molar-refractivity contribution in [3.05, 3.63) is 68.9 Å². The Labute approximate surface area is 146 Å². The molecule has 0 spiro atoms. The summed E-state index contributed by atoms with van der Waals surface area (Å²) in [5.74, 6) is -0.698. The molecule has 1 heterocycles. The molecule has 0 saturated heterocycles. The first kappa shape index (κ1) is 17.4. The van der Waals surface area contributed by atoms with E-state index in [0.717, 1.165) is 48.9 Å². The Morgan fingerprint density at radius 1 is 1.20 bits per heavy atom. The molecule has 5 heteroatoms. The summed E-state index contributed by atoms with van der Waals surface area (Å²) in [6.07, 6.45) is 5.69. The van der Waals surface area contributed by atoms with Gasteiger partial charge in [-0.1, -0.05) is 25.5 Å². The normalized spacial score (nSPS) is 15.1. The highest BCUT2D eigenvalue weighted by Crippen LogP contribution is 2.20. The second kappa shape index (κ2) is 7.64. The van der Waals surface area contributed by atoms with Crippen molar-refractivity contribution in [3.8, 4) is 0 Å². The smallest absolute Gasteiger partial charge is 0.261 e. The second-order valence-corrected chi connectivity index (χ2v) is 6.56. The fourth-order valence-corrected chi connectivity index (χ4v) is 3.37. The van der Waals surface area contributed by atoms with Crippen molar-refractivity contribution in [3.63, 3.8) is 0 Å². The summed E-state index contributed by atoms with van der Waals surface area (Å²) >= 11 is 0. The molecule has 2 aromatic rings. The quantitative estimate of drug-likeness (QED) is 0.833. The lowest BCUT2D eigenvalue weighted by Gasteiger charge is -2.18. The van der Waals surface area contributed by atoms with Crippen LogP contribution in [0.4, 0.5) is 4.39 Å². The minimum atomic E-state index is -0.385. The fraction of sp³-hybridized carbons (Fsp3) is 0.400. The van der Waals surface area contributed by atoms with Gasteiger partial charge in [0.1, 0.15) is 11.4 Å². The van der Waals surface area contributed by atoms with Crippen molar-refractivity contribution in [1.29, 1.82) is 0 Å². The second-order valence-electron chi connectivity index (χ2n) is 6.56. The highest BCUT2D eigenvalue weighted by molar-refractivity contribution is 5.94. The number of hydrogen-bond donors (Lipinski definition) is 2. The third kappa shape index (κ3) is 3.98. The van der Waals surface area contributed by atoms with Gasteiger partial charge in [-0.15, -0.1) is 0 Å². The van der Waals surface area contributed by atoms with Gasteiger partial charge in [0.25, 0.3) is 11.5 Å². The van der Waals surface area contributed by atoms with Gasteiger partial charge in [-0.2, -0.15) is 0 Å². The molecule has 0 fully saturated rings. The van der Waals surface area contributed by atoms with Crippen LogP contribution in [0.1, 0.15) is 65.8 Å². The number of rotatable bonds is 4. The number of H-pyrrole nitrogens is 1. The Hall–Kier alpha value is -2.43. The molecule has 1 atom stereocenters. The van der Waals surface area contributed by atoms with Gasteiger partial charge >= 0.3 is 0 Å². The number of aromatic amines is 1. The van der Waals surface area contributed by atoms with E-state index < -0.39 is 0 Å². The zero-order valence-corrected chi connectivity index (χ0v) is 14.4. The molecule has 0 saturated carbocycles. The number of nitrogens with one attached hydrogen (secondary N) is 2. The van der Waals surface area contributed by atoms with Crippen LogP contribution in [-0.2, 0) is 12.8 Å². The molecule has 4 nitrogen and oxygen atoms in total. The van der Waals surface area contributed by atoms with Crippen LogP contribution >= 0.6 is 0 Å². The van der Waals surface area contributed by atoms with Gasteiger partial charge in [-0.3, -0.25) is 9.59 Å². The van der Waals surface area contributed by atoms with Crippen molar-refractivity contribution in [2.45, 2.75) is 51.5 Å². The topological polar surface area (TPSA) is 62.0 Å². The summed E-state index contributed by atoms with van der Waals surface area (Å²) in [5.41, 5.74) is 2.67. The lowest BCUT2D eigenvalue weighted by molar-refractivity contribution is 0.0934. The minimum absolute atomic E-state index is 0.154. The third-order valence-electron chi connectivity index (χ3n) is 4.82. The van der Waals surface area contributed by atoms with E-state index in [2.05, 4.69) is 10.3 Å². The van der Waals surface area contributed by atoms with Crippen LogP contribution in [0, 0.1) is 5.82 Å². The number of carbonyl (C=O) groups excluding carboxylic acids is 1. The van der Waals surface area contributed by atoms with Crippen LogP contribution in [0.25, 0.3) is 0 Å². The first-order valence-corrected chi connectivity index (χ1v) is 8.90. The van der Waals surface area contributed by atoms with Crippen LogP contribution < -0.4 is 10.9 Å². The molecule has 1 aliphatic carbocycles. The first-order chi connectivity index (χ1) is 12.1. The largest absolute Gasteiger partial charge is 0.345 e. The number of carbonyl (C=O) groups is 1. The Balaban J connectivity index is 1.83. The third-order valence-corrected chi connectivity index (χ3v) is 4.82. The van der Waals surface area contributed by atoms with Gasteiger partial charge < -0.3 is 10.3 Å². The number of aryl methyl sites for hydroxylation is 2. The number of hydrogen-bond acceptors (Lipinski definition) is 2. The number of benzene rings is 1. The highest BCUT2D eigenvalue weighted by Gasteiger charge is 2.19. The fourth-order valence-electron chi connectivity index (χ4n) is 3.37. The lowest BCUT2D eigenvalue weighted by atomic mass is 10.0. The molecule has 0 aliphatic heterocycles. The highest BCUT2D eigenvalue weighted by atomic mass is 19.1. The van der Waals surface area contributed by atoms with Crippen molar-refractivity contribution in [2.75, 3.05) is 0 Å². The molecular weight excluding hydrogens is 319 g/mol. The molecule has 1 aromatic carbocycles. The van der Waals surface area contributed by atoms with E-state index in [9.17, 15) is 14.0 Å². The van der Waals surface area contributed by atoms with E-state index in [0.29, 0.717) is 6.42 Å². The SMILES string of the molecule is CC[C@@H](NC(=O)c1cc2c([nH]c1=O)CCCCC2)c1ccc(F)cc1. The maximum atomic E-state index is 13.1. The summed E-state index contributed by atoms with van der Waals surface area (Å²) in [6.45, 7) is 1.94. The Morgan fingerprint density at radius 3 is 2.64 bits per heavy atom. The summed E-state index contributed by atoms with van der Waals surface area (Å²) in [6, 6.07) is 7.55. The zero-order chi connectivity index (χ0) is 17.8. The van der Waals surface area contributed by atoms with Gasteiger partial charge in [-0.05, 0) is 61.4 Å². The van der Waals surface area contributed by atoms with Crippen LogP contribution in [0.3, 0.4) is 0 Å². The summed E-state index contributed by atoms with van der Waals surface area (Å²) in [7, 11) is 0. The minimum Gasteiger partial charge on any atom is -0.345 e. The predicted molar refractivity (Wildman–Crippen MR) is 95.2 cm³/mol. The van der Waals surface area contributed by atoms with Gasteiger partial charge in [0.2, 0.25) is 0 Å². The van der Waals surface area contributed by atoms with Gasteiger partial charge in [0, 0.05) is 5.69 Å². The lowest BCUT2D eigenvalue weighted by Crippen LogP contribution is -2.33. The first-order valence-electron chi connectivity index (χ1n) is 8.90. The van der Waals surface area contributed by atoms with E-state index in [1.807, 2.05) is 6.92 Å². The number of pyridine rings is 1. The van der Waals surface area contributed by atoms with E-state index in [1.165, 1.54) is 12.1 Å². The van der Waals surface area contributed by atoms with Crippen LogP contribution in [0.15, 0.2) is 35.1 Å². The van der Waals surface area contributed by atoms with E-state index in [-0.39, 0.29) is 28.9 Å². The predicted octanol–water partition coefficient (Wildman–Crippen LogP) is 3.66. The summed E-state index contributed by atoms with van der Waals surface area (Å²) in [4.78, 5) is 27.9. The van der Waals surface area contributed by atoms with Crippen molar-refractivity contribution in [1.82, 2.24) is 10.3 Å². The molecule has 0 unspecified atom stereocenters. The van der Waals surface area contributed by atoms with E-state index in [4.69, 9.17) is 0 Å². The number of halogens is 1. The number of amides is 1. The van der Waals surface area contributed by atoms with Crippen LogP contribution in [0.5, 0.6) is 0 Å². The van der Waals surface area contributed by atoms with Crippen molar-refractivity contribution < 1.29 is 9.18 Å². The van der Waals surface area contributed by atoms with Gasteiger partial charge in [-0.25, -0.2) is 4.39 Å². The molecule has 132 valence electrons. The summed E-state index contributed by atoms with van der Waals surface area (Å²) < 4.78 is 13.1. The molecule has 3 rings (SSSR count). The van der Waals surface area contributed by atoms with E-state index >= 15 is 0 Å². The number of fused-ring (bicyclic) bond motifs is 1. The summed E-state index contributed by atoms with van der Waals surface area (Å²) in [5, 5.41) is 2.90. The molecule has 25 heavy (non-hydrogen) atoms. The Morgan fingerprint density at radius 2 is 1.92 bits per heavy atom. The average molecular weight is 342 g/mol. The molecule has 1 aliphatic rings. The average Bonchev–Trinajstić information content (AvgIpc) is 2.84. The Kier molecular flexibility index (Phi) is 5.31. The number of aromatic nitrogens is 1. The van der Waals surface area contributed by atoms with Crippen LogP contribution in [0.2, 0.25) is 0 Å².